The van der Waals surface area contributed by atoms with Crippen LogP contribution in [0, 0.1) is 0 Å². The van der Waals surface area contributed by atoms with Crippen molar-refractivity contribution in [3.8, 4) is 22.3 Å². The molecule has 0 bridgehead atoms. The molecular formula is C45H29N3O. The first kappa shape index (κ1) is 26.7. The maximum Gasteiger partial charge on any atom is 0.147 e. The van der Waals surface area contributed by atoms with Crippen LogP contribution in [0.4, 0.5) is 11.5 Å². The molecule has 3 aromatic heterocycles. The van der Waals surface area contributed by atoms with Crippen LogP contribution in [0.15, 0.2) is 162 Å². The Kier molecular flexibility index (Phi) is 5.47. The van der Waals surface area contributed by atoms with Crippen LogP contribution < -0.4 is 4.90 Å². The minimum atomic E-state index is 0.186. The van der Waals surface area contributed by atoms with Crippen LogP contribution in [-0.2, 0) is 0 Å². The van der Waals surface area contributed by atoms with Gasteiger partial charge in [0, 0.05) is 43.9 Å². The molecule has 0 spiro atoms. The van der Waals surface area contributed by atoms with E-state index in [0.29, 0.717) is 0 Å². The first-order valence-corrected chi connectivity index (χ1v) is 16.9. The highest BCUT2D eigenvalue weighted by molar-refractivity contribution is 6.14. The van der Waals surface area contributed by atoms with Crippen LogP contribution in [-0.4, -0.2) is 15.4 Å². The van der Waals surface area contributed by atoms with E-state index in [1.54, 1.807) is 0 Å². The molecule has 0 saturated heterocycles. The van der Waals surface area contributed by atoms with Crippen molar-refractivity contribution in [2.45, 2.75) is 12.5 Å². The summed E-state index contributed by atoms with van der Waals surface area (Å²) >= 11 is 0. The second-order valence-electron chi connectivity index (χ2n) is 13.1. The number of rotatable bonds is 3. The van der Waals surface area contributed by atoms with Crippen molar-refractivity contribution in [1.29, 1.82) is 0 Å². The van der Waals surface area contributed by atoms with Crippen molar-refractivity contribution in [2.75, 3.05) is 4.90 Å². The van der Waals surface area contributed by atoms with Crippen LogP contribution in [0.25, 0.3) is 77.1 Å². The van der Waals surface area contributed by atoms with Crippen molar-refractivity contribution in [3.63, 3.8) is 0 Å². The molecular weight excluding hydrogens is 599 g/mol. The van der Waals surface area contributed by atoms with Gasteiger partial charge in [-0.05, 0) is 41.1 Å². The van der Waals surface area contributed by atoms with Gasteiger partial charge in [-0.2, -0.15) is 0 Å². The number of pyridine rings is 1. The Labute approximate surface area is 282 Å². The summed E-state index contributed by atoms with van der Waals surface area (Å²) in [4.78, 5) is 7.89. The Bertz CT molecular complexity index is 2850. The number of fused-ring (bicyclic) bond motifs is 13. The number of allylic oxidation sites excluding steroid dienone is 2. The van der Waals surface area contributed by atoms with Gasteiger partial charge >= 0.3 is 0 Å². The summed E-state index contributed by atoms with van der Waals surface area (Å²) in [5.74, 6) is 1.14. The Morgan fingerprint density at radius 2 is 1.20 bits per heavy atom. The molecule has 11 rings (SSSR count). The van der Waals surface area contributed by atoms with E-state index < -0.39 is 0 Å². The van der Waals surface area contributed by atoms with Crippen LogP contribution in [0.5, 0.6) is 0 Å². The quantitative estimate of drug-likeness (QED) is 0.183. The van der Waals surface area contributed by atoms with Gasteiger partial charge < -0.3 is 9.32 Å². The normalized spacial score (nSPS) is 15.5. The van der Waals surface area contributed by atoms with E-state index >= 15 is 0 Å². The average Bonchev–Trinajstić information content (AvgIpc) is 3.85. The number of anilines is 2. The molecule has 0 fully saturated rings. The molecule has 1 unspecified atom stereocenters. The van der Waals surface area contributed by atoms with Crippen LogP contribution in [0.1, 0.15) is 12.1 Å². The summed E-state index contributed by atoms with van der Waals surface area (Å²) in [5, 5.41) is 5.90. The number of nitrogens with zero attached hydrogens (tertiary/aromatic N) is 3. The molecule has 4 heteroatoms. The maximum atomic E-state index is 6.75. The molecule has 0 saturated carbocycles. The van der Waals surface area contributed by atoms with Gasteiger partial charge in [-0.1, -0.05) is 140 Å². The van der Waals surface area contributed by atoms with Crippen molar-refractivity contribution in [3.05, 3.63) is 163 Å². The van der Waals surface area contributed by atoms with E-state index in [1.807, 2.05) is 0 Å². The van der Waals surface area contributed by atoms with Gasteiger partial charge in [-0.25, -0.2) is 4.98 Å². The van der Waals surface area contributed by atoms with E-state index in [0.717, 1.165) is 73.5 Å². The molecule has 230 valence electrons. The number of aromatic nitrogens is 2. The zero-order valence-corrected chi connectivity index (χ0v) is 26.5. The van der Waals surface area contributed by atoms with Gasteiger partial charge in [0.2, 0.25) is 0 Å². The Morgan fingerprint density at radius 1 is 0.571 bits per heavy atom. The minimum absolute atomic E-state index is 0.186. The molecule has 1 aliphatic carbocycles. The summed E-state index contributed by atoms with van der Waals surface area (Å²) < 4.78 is 9.14. The highest BCUT2D eigenvalue weighted by atomic mass is 16.3. The van der Waals surface area contributed by atoms with Gasteiger partial charge in [-0.15, -0.1) is 0 Å². The van der Waals surface area contributed by atoms with Gasteiger partial charge in [0.25, 0.3) is 0 Å². The van der Waals surface area contributed by atoms with Crippen molar-refractivity contribution in [1.82, 2.24) is 9.38 Å². The molecule has 9 aromatic rings. The lowest BCUT2D eigenvalue weighted by Crippen LogP contribution is -2.28. The fourth-order valence-corrected chi connectivity index (χ4v) is 8.29. The second-order valence-corrected chi connectivity index (χ2v) is 13.1. The molecule has 2 aliphatic rings. The second kappa shape index (κ2) is 10.1. The fraction of sp³-hybridized carbons (Fsp3) is 0.0444. The zero-order chi connectivity index (χ0) is 32.1. The Hall–Kier alpha value is -6.39. The number of furan rings is 1. The number of para-hydroxylation sites is 3. The summed E-state index contributed by atoms with van der Waals surface area (Å²) in [6.07, 6.45) is 7.64. The van der Waals surface area contributed by atoms with E-state index in [9.17, 15) is 0 Å². The third-order valence-electron chi connectivity index (χ3n) is 10.5. The lowest BCUT2D eigenvalue weighted by Gasteiger charge is -2.29. The SMILES string of the molecule is C1=CCC2C(=C1)c1nc3c4ccccc4c4ccccc4n3c1N2c1ccc(-c2cccc3c2oc2c(-c4ccccc4)cccc23)cc1. The molecule has 0 N–H and O–H groups in total. The van der Waals surface area contributed by atoms with Gasteiger partial charge in [-0.3, -0.25) is 4.40 Å². The monoisotopic (exact) mass is 627 g/mol. The van der Waals surface area contributed by atoms with E-state index in [1.165, 1.54) is 27.2 Å². The first-order valence-electron chi connectivity index (χ1n) is 16.9. The predicted octanol–water partition coefficient (Wildman–Crippen LogP) is 11.7. The third-order valence-corrected chi connectivity index (χ3v) is 10.5. The minimum Gasteiger partial charge on any atom is -0.455 e. The molecule has 4 heterocycles. The number of imidazole rings is 1. The average molecular weight is 628 g/mol. The third kappa shape index (κ3) is 3.71. The van der Waals surface area contributed by atoms with Crippen molar-refractivity contribution in [2.24, 2.45) is 0 Å². The van der Waals surface area contributed by atoms with Crippen LogP contribution >= 0.6 is 0 Å². The number of hydrogen-bond donors (Lipinski definition) is 0. The molecule has 0 amide bonds. The van der Waals surface area contributed by atoms with E-state index in [-0.39, 0.29) is 6.04 Å². The number of hydrogen-bond acceptors (Lipinski definition) is 3. The number of benzene rings is 6. The topological polar surface area (TPSA) is 33.7 Å². The Morgan fingerprint density at radius 3 is 1.96 bits per heavy atom. The highest BCUT2D eigenvalue weighted by Gasteiger charge is 2.40. The summed E-state index contributed by atoms with van der Waals surface area (Å²) in [5.41, 5.74) is 12.0. The van der Waals surface area contributed by atoms with E-state index in [4.69, 9.17) is 9.40 Å². The van der Waals surface area contributed by atoms with Gasteiger partial charge in [0.15, 0.2) is 0 Å². The summed E-state index contributed by atoms with van der Waals surface area (Å²) in [6.45, 7) is 0. The highest BCUT2D eigenvalue weighted by Crippen LogP contribution is 2.50. The molecule has 0 radical (unpaired) electrons. The fourth-order valence-electron chi connectivity index (χ4n) is 8.29. The summed E-state index contributed by atoms with van der Waals surface area (Å²) in [7, 11) is 0. The molecule has 1 atom stereocenters. The molecule has 49 heavy (non-hydrogen) atoms. The lowest BCUT2D eigenvalue weighted by atomic mass is 9.98. The maximum absolute atomic E-state index is 6.75. The van der Waals surface area contributed by atoms with Crippen molar-refractivity contribution < 1.29 is 4.42 Å². The summed E-state index contributed by atoms with van der Waals surface area (Å²) in [6, 6.07) is 50.0. The van der Waals surface area contributed by atoms with Crippen LogP contribution in [0.2, 0.25) is 0 Å². The molecule has 1 aliphatic heterocycles. The predicted molar refractivity (Wildman–Crippen MR) is 202 cm³/mol. The van der Waals surface area contributed by atoms with Gasteiger partial charge in [0.05, 0.1) is 11.6 Å². The molecule has 6 aromatic carbocycles. The van der Waals surface area contributed by atoms with Crippen LogP contribution in [0.3, 0.4) is 0 Å². The van der Waals surface area contributed by atoms with Crippen molar-refractivity contribution >= 4 is 66.3 Å². The lowest BCUT2D eigenvalue weighted by molar-refractivity contribution is 0.671. The standard InChI is InChI=1S/C45H29N3O/c1-2-12-28(13-3-1)31-18-10-20-35-36-21-11-19-32(43(36)49-42(31)35)29-24-26-30(27-25-29)47-40-23-9-7-17-38(40)41-45(47)48-39-22-8-6-15-34(39)33-14-4-5-16-37(33)44(48)46-41/h1-22,24-27,40H,23H2. The zero-order valence-electron chi connectivity index (χ0n) is 26.5. The first-order chi connectivity index (χ1) is 24.3. The van der Waals surface area contributed by atoms with E-state index in [2.05, 4.69) is 167 Å². The largest absolute Gasteiger partial charge is 0.455 e. The Balaban J connectivity index is 1.09. The van der Waals surface area contributed by atoms with Gasteiger partial charge in [0.1, 0.15) is 28.3 Å². The molecule has 4 nitrogen and oxygen atoms in total. The smallest absolute Gasteiger partial charge is 0.147 e.